The summed E-state index contributed by atoms with van der Waals surface area (Å²) >= 11 is 0. The van der Waals surface area contributed by atoms with Gasteiger partial charge in [-0.3, -0.25) is 5.41 Å². The van der Waals surface area contributed by atoms with Crippen LogP contribution in [0.3, 0.4) is 0 Å². The van der Waals surface area contributed by atoms with Crippen molar-refractivity contribution < 1.29 is 5.11 Å². The lowest BCUT2D eigenvalue weighted by atomic mass is 9.94. The summed E-state index contributed by atoms with van der Waals surface area (Å²) in [6, 6.07) is 4.12. The average Bonchev–Trinajstić information content (AvgIpc) is 2.45. The standard InChI is InChI=1S/C15H24N4O/c1-11-7-8-13(14(16)17)15(18-11)19(9-10-20)12-5-3-2-4-6-12/h7-8,12,20H,2-6,9-10H2,1H3,(H3,16,17). The van der Waals surface area contributed by atoms with Gasteiger partial charge in [-0.05, 0) is 31.9 Å². The molecule has 2 rings (SSSR count). The van der Waals surface area contributed by atoms with Gasteiger partial charge in [-0.1, -0.05) is 19.3 Å². The Bertz CT molecular complexity index is 469. The molecule has 1 saturated carbocycles. The van der Waals surface area contributed by atoms with Crippen LogP contribution < -0.4 is 10.6 Å². The zero-order chi connectivity index (χ0) is 14.5. The van der Waals surface area contributed by atoms with Gasteiger partial charge in [-0.2, -0.15) is 0 Å². The molecule has 0 spiro atoms. The summed E-state index contributed by atoms with van der Waals surface area (Å²) in [5.41, 5.74) is 7.25. The molecule has 0 radical (unpaired) electrons. The fourth-order valence-corrected chi connectivity index (χ4v) is 2.93. The zero-order valence-electron chi connectivity index (χ0n) is 12.1. The Kier molecular flexibility index (Phi) is 4.95. The minimum atomic E-state index is 0.0336. The highest BCUT2D eigenvalue weighted by molar-refractivity contribution is 5.99. The van der Waals surface area contributed by atoms with Gasteiger partial charge in [-0.25, -0.2) is 4.98 Å². The number of amidine groups is 1. The van der Waals surface area contributed by atoms with Gasteiger partial charge in [0.1, 0.15) is 11.7 Å². The number of nitrogens with one attached hydrogen (secondary N) is 1. The Labute approximate surface area is 120 Å². The molecule has 5 heteroatoms. The second-order valence-electron chi connectivity index (χ2n) is 5.45. The van der Waals surface area contributed by atoms with Gasteiger partial charge in [0, 0.05) is 18.3 Å². The van der Waals surface area contributed by atoms with Crippen LogP contribution in [-0.2, 0) is 0 Å². The Morgan fingerprint density at radius 1 is 1.40 bits per heavy atom. The molecule has 0 atom stereocenters. The van der Waals surface area contributed by atoms with Crippen molar-refractivity contribution in [2.75, 3.05) is 18.1 Å². The van der Waals surface area contributed by atoms with Gasteiger partial charge in [0.05, 0.1) is 12.2 Å². The van der Waals surface area contributed by atoms with E-state index in [-0.39, 0.29) is 12.4 Å². The molecule has 20 heavy (non-hydrogen) atoms. The molecule has 110 valence electrons. The summed E-state index contributed by atoms with van der Waals surface area (Å²) in [5.74, 6) is 0.782. The van der Waals surface area contributed by atoms with Crippen LogP contribution in [-0.4, -0.2) is 35.1 Å². The van der Waals surface area contributed by atoms with Crippen molar-refractivity contribution in [3.8, 4) is 0 Å². The first-order chi connectivity index (χ1) is 9.63. The molecule has 1 aliphatic rings. The molecular weight excluding hydrogens is 252 g/mol. The molecule has 0 aliphatic heterocycles. The molecule has 5 nitrogen and oxygen atoms in total. The van der Waals surface area contributed by atoms with E-state index in [2.05, 4.69) is 9.88 Å². The quantitative estimate of drug-likeness (QED) is 0.565. The molecule has 1 fully saturated rings. The first kappa shape index (κ1) is 14.8. The van der Waals surface area contributed by atoms with Crippen molar-refractivity contribution in [3.63, 3.8) is 0 Å². The van der Waals surface area contributed by atoms with Gasteiger partial charge in [0.25, 0.3) is 0 Å². The predicted octanol–water partition coefficient (Wildman–Crippen LogP) is 1.81. The molecule has 0 aromatic carbocycles. The minimum Gasteiger partial charge on any atom is -0.395 e. The van der Waals surface area contributed by atoms with Crippen LogP contribution in [0.1, 0.15) is 43.4 Å². The number of rotatable bonds is 5. The lowest BCUT2D eigenvalue weighted by molar-refractivity contribution is 0.289. The van der Waals surface area contributed by atoms with Gasteiger partial charge >= 0.3 is 0 Å². The van der Waals surface area contributed by atoms with Crippen molar-refractivity contribution in [2.24, 2.45) is 5.73 Å². The number of aryl methyl sites for hydroxylation is 1. The van der Waals surface area contributed by atoms with Crippen LogP contribution in [0.15, 0.2) is 12.1 Å². The number of aliphatic hydroxyl groups is 1. The van der Waals surface area contributed by atoms with E-state index < -0.39 is 0 Å². The van der Waals surface area contributed by atoms with Crippen LogP contribution in [0, 0.1) is 12.3 Å². The largest absolute Gasteiger partial charge is 0.395 e. The van der Waals surface area contributed by atoms with Crippen molar-refractivity contribution in [1.82, 2.24) is 4.98 Å². The van der Waals surface area contributed by atoms with Crippen molar-refractivity contribution in [2.45, 2.75) is 45.1 Å². The normalized spacial score (nSPS) is 16.1. The maximum Gasteiger partial charge on any atom is 0.140 e. The van der Waals surface area contributed by atoms with Crippen LogP contribution in [0.4, 0.5) is 5.82 Å². The van der Waals surface area contributed by atoms with E-state index in [1.807, 2.05) is 19.1 Å². The second-order valence-corrected chi connectivity index (χ2v) is 5.45. The maximum atomic E-state index is 9.37. The number of hydrogen-bond donors (Lipinski definition) is 3. The van der Waals surface area contributed by atoms with Gasteiger partial charge in [0.15, 0.2) is 0 Å². The molecule has 4 N–H and O–H groups in total. The number of pyridine rings is 1. The summed E-state index contributed by atoms with van der Waals surface area (Å²) in [5, 5.41) is 17.1. The highest BCUT2D eigenvalue weighted by atomic mass is 16.3. The summed E-state index contributed by atoms with van der Waals surface area (Å²) < 4.78 is 0. The molecule has 1 aromatic heterocycles. The number of nitrogens with two attached hydrogens (primary N) is 1. The Hall–Kier alpha value is -1.62. The average molecular weight is 276 g/mol. The number of aliphatic hydroxyl groups excluding tert-OH is 1. The van der Waals surface area contributed by atoms with Crippen LogP contribution in [0.25, 0.3) is 0 Å². The molecule has 0 unspecified atom stereocenters. The zero-order valence-corrected chi connectivity index (χ0v) is 12.1. The highest BCUT2D eigenvalue weighted by Crippen LogP contribution is 2.28. The summed E-state index contributed by atoms with van der Waals surface area (Å²) in [6.07, 6.45) is 5.95. The third-order valence-electron chi connectivity index (χ3n) is 3.93. The minimum absolute atomic E-state index is 0.0336. The number of hydrogen-bond acceptors (Lipinski definition) is 4. The van der Waals surface area contributed by atoms with E-state index in [4.69, 9.17) is 11.1 Å². The highest BCUT2D eigenvalue weighted by Gasteiger charge is 2.24. The molecule has 0 saturated heterocycles. The molecular formula is C15H24N4O. The van der Waals surface area contributed by atoms with Crippen molar-refractivity contribution >= 4 is 11.7 Å². The third kappa shape index (κ3) is 3.28. The monoisotopic (exact) mass is 276 g/mol. The number of aromatic nitrogens is 1. The fourth-order valence-electron chi connectivity index (χ4n) is 2.93. The van der Waals surface area contributed by atoms with E-state index in [1.54, 1.807) is 0 Å². The second kappa shape index (κ2) is 6.70. The molecule has 0 bridgehead atoms. The van der Waals surface area contributed by atoms with Gasteiger partial charge in [-0.15, -0.1) is 0 Å². The van der Waals surface area contributed by atoms with E-state index in [1.165, 1.54) is 19.3 Å². The lowest BCUT2D eigenvalue weighted by Crippen LogP contribution is -2.40. The Morgan fingerprint density at radius 3 is 2.70 bits per heavy atom. The molecule has 0 amide bonds. The third-order valence-corrected chi connectivity index (χ3v) is 3.93. The number of anilines is 1. The number of nitrogen functional groups attached to an aromatic ring is 1. The topological polar surface area (TPSA) is 86.2 Å². The van der Waals surface area contributed by atoms with Gasteiger partial charge in [0.2, 0.25) is 0 Å². The van der Waals surface area contributed by atoms with Gasteiger partial charge < -0.3 is 15.7 Å². The molecule has 1 heterocycles. The molecule has 1 aromatic rings. The lowest BCUT2D eigenvalue weighted by Gasteiger charge is -2.36. The smallest absolute Gasteiger partial charge is 0.140 e. The fraction of sp³-hybridized carbons (Fsp3) is 0.600. The predicted molar refractivity (Wildman–Crippen MR) is 81.3 cm³/mol. The number of nitrogens with zero attached hydrogens (tertiary/aromatic N) is 2. The van der Waals surface area contributed by atoms with Crippen LogP contribution in [0.5, 0.6) is 0 Å². The van der Waals surface area contributed by atoms with E-state index in [9.17, 15) is 5.11 Å². The SMILES string of the molecule is Cc1ccc(C(=N)N)c(N(CCO)C2CCCCC2)n1. The summed E-state index contributed by atoms with van der Waals surface area (Å²) in [6.45, 7) is 2.57. The first-order valence-corrected chi connectivity index (χ1v) is 7.33. The summed E-state index contributed by atoms with van der Waals surface area (Å²) in [7, 11) is 0. The van der Waals surface area contributed by atoms with E-state index >= 15 is 0 Å². The Morgan fingerprint density at radius 2 is 2.10 bits per heavy atom. The van der Waals surface area contributed by atoms with Crippen molar-refractivity contribution in [1.29, 1.82) is 5.41 Å². The Balaban J connectivity index is 2.36. The van der Waals surface area contributed by atoms with Crippen molar-refractivity contribution in [3.05, 3.63) is 23.4 Å². The molecule has 1 aliphatic carbocycles. The van der Waals surface area contributed by atoms with Crippen LogP contribution in [0.2, 0.25) is 0 Å². The first-order valence-electron chi connectivity index (χ1n) is 7.33. The van der Waals surface area contributed by atoms with E-state index in [0.717, 1.165) is 24.4 Å². The summed E-state index contributed by atoms with van der Waals surface area (Å²) in [4.78, 5) is 6.72. The maximum absolute atomic E-state index is 9.37. The van der Waals surface area contributed by atoms with E-state index in [0.29, 0.717) is 18.2 Å². The van der Waals surface area contributed by atoms with Crippen LogP contribution >= 0.6 is 0 Å².